The molecule has 162 valence electrons. The van der Waals surface area contributed by atoms with Gasteiger partial charge in [0.15, 0.2) is 11.0 Å². The minimum Gasteiger partial charge on any atom is -0.323 e. The Morgan fingerprint density at radius 2 is 2.12 bits per heavy atom. The lowest BCUT2D eigenvalue weighted by Crippen LogP contribution is -2.16. The summed E-state index contributed by atoms with van der Waals surface area (Å²) in [4.78, 5) is 16.7. The highest BCUT2D eigenvalue weighted by Crippen LogP contribution is 2.27. The highest BCUT2D eigenvalue weighted by molar-refractivity contribution is 7.99. The number of halogens is 1. The molecule has 0 bridgehead atoms. The van der Waals surface area contributed by atoms with Gasteiger partial charge in [-0.15, -0.1) is 16.8 Å². The standard InChI is InChI=1S/C22H20ClN7OS/c1-3-9-29-21(16-6-4-5-15(2)10-16)27-28-22(29)32-12-20(31)26-18-11-17(23)7-8-19(18)30-14-24-13-25-30/h3-8,10-11,13-14H,1,9,12H2,2H3,(H,26,31). The van der Waals surface area contributed by atoms with Gasteiger partial charge in [0.2, 0.25) is 5.91 Å². The molecule has 2 aromatic carbocycles. The van der Waals surface area contributed by atoms with Gasteiger partial charge in [-0.2, -0.15) is 5.10 Å². The lowest BCUT2D eigenvalue weighted by atomic mass is 10.1. The topological polar surface area (TPSA) is 90.5 Å². The number of hydrogen-bond donors (Lipinski definition) is 1. The van der Waals surface area contributed by atoms with E-state index >= 15 is 0 Å². The highest BCUT2D eigenvalue weighted by atomic mass is 35.5. The summed E-state index contributed by atoms with van der Waals surface area (Å²) < 4.78 is 3.51. The summed E-state index contributed by atoms with van der Waals surface area (Å²) in [5.41, 5.74) is 3.31. The quantitative estimate of drug-likeness (QED) is 0.306. The van der Waals surface area contributed by atoms with E-state index in [1.165, 1.54) is 18.1 Å². The SMILES string of the molecule is C=CCn1c(SCC(=O)Nc2cc(Cl)ccc2-n2cncn2)nnc1-c1cccc(C)c1. The maximum atomic E-state index is 12.7. The van der Waals surface area contributed by atoms with Crippen LogP contribution in [0.25, 0.3) is 17.1 Å². The van der Waals surface area contributed by atoms with Crippen molar-refractivity contribution in [2.45, 2.75) is 18.6 Å². The van der Waals surface area contributed by atoms with Gasteiger partial charge in [0.05, 0.1) is 17.1 Å². The molecule has 2 heterocycles. The Labute approximate surface area is 194 Å². The van der Waals surface area contributed by atoms with Crippen LogP contribution >= 0.6 is 23.4 Å². The van der Waals surface area contributed by atoms with Crippen LogP contribution in [0.4, 0.5) is 5.69 Å². The average molecular weight is 466 g/mol. The highest BCUT2D eigenvalue weighted by Gasteiger charge is 2.16. The van der Waals surface area contributed by atoms with Gasteiger partial charge in [-0.3, -0.25) is 9.36 Å². The zero-order chi connectivity index (χ0) is 22.5. The number of aryl methyl sites for hydroxylation is 1. The van der Waals surface area contributed by atoms with E-state index in [0.717, 1.165) is 17.0 Å². The molecule has 1 N–H and O–H groups in total. The molecule has 8 nitrogen and oxygen atoms in total. The molecule has 0 saturated carbocycles. The first-order valence-corrected chi connectivity index (χ1v) is 11.1. The van der Waals surface area contributed by atoms with E-state index in [2.05, 4.69) is 38.2 Å². The van der Waals surface area contributed by atoms with Gasteiger partial charge < -0.3 is 5.32 Å². The first-order valence-electron chi connectivity index (χ1n) is 9.73. The minimum absolute atomic E-state index is 0.145. The molecule has 1 amide bonds. The lowest BCUT2D eigenvalue weighted by molar-refractivity contribution is -0.113. The van der Waals surface area contributed by atoms with E-state index in [1.54, 1.807) is 35.3 Å². The van der Waals surface area contributed by atoms with E-state index in [1.807, 2.05) is 29.7 Å². The molecule has 4 rings (SSSR count). The van der Waals surface area contributed by atoms with E-state index in [-0.39, 0.29) is 11.7 Å². The van der Waals surface area contributed by atoms with E-state index in [4.69, 9.17) is 11.6 Å². The maximum Gasteiger partial charge on any atom is 0.234 e. The number of rotatable bonds is 8. The van der Waals surface area contributed by atoms with Crippen LogP contribution < -0.4 is 5.32 Å². The molecule has 0 radical (unpaired) electrons. The molecule has 0 atom stereocenters. The summed E-state index contributed by atoms with van der Waals surface area (Å²) in [5.74, 6) is 0.676. The minimum atomic E-state index is -0.205. The van der Waals surface area contributed by atoms with Crippen LogP contribution in [0.15, 0.2) is 72.9 Å². The molecule has 0 saturated heterocycles. The number of benzene rings is 2. The van der Waals surface area contributed by atoms with Crippen molar-refractivity contribution in [3.63, 3.8) is 0 Å². The van der Waals surface area contributed by atoms with E-state index in [9.17, 15) is 4.79 Å². The number of anilines is 1. The third-order valence-electron chi connectivity index (χ3n) is 4.54. The average Bonchev–Trinajstić information content (AvgIpc) is 3.43. The van der Waals surface area contributed by atoms with Crippen LogP contribution in [-0.2, 0) is 11.3 Å². The fraction of sp³-hybridized carbons (Fsp3) is 0.136. The van der Waals surface area contributed by atoms with E-state index in [0.29, 0.717) is 28.1 Å². The second-order valence-corrected chi connectivity index (χ2v) is 8.29. The number of carbonyl (C=O) groups is 1. The third kappa shape index (κ3) is 4.90. The fourth-order valence-electron chi connectivity index (χ4n) is 3.14. The predicted molar refractivity (Wildman–Crippen MR) is 126 cm³/mol. The number of allylic oxidation sites excluding steroid dienone is 1. The molecule has 10 heteroatoms. The largest absolute Gasteiger partial charge is 0.323 e. The summed E-state index contributed by atoms with van der Waals surface area (Å²) in [6.07, 6.45) is 4.76. The van der Waals surface area contributed by atoms with Gasteiger partial charge in [0.25, 0.3) is 0 Å². The molecule has 0 unspecified atom stereocenters. The summed E-state index contributed by atoms with van der Waals surface area (Å²) in [5, 5.41) is 16.8. The Morgan fingerprint density at radius 1 is 1.25 bits per heavy atom. The van der Waals surface area contributed by atoms with Gasteiger partial charge in [-0.1, -0.05) is 53.2 Å². The molecule has 0 spiro atoms. The smallest absolute Gasteiger partial charge is 0.234 e. The number of nitrogens with one attached hydrogen (secondary N) is 1. The second kappa shape index (κ2) is 9.80. The number of thioether (sulfide) groups is 1. The zero-order valence-corrected chi connectivity index (χ0v) is 18.8. The number of hydrogen-bond acceptors (Lipinski definition) is 6. The molecular formula is C22H20ClN7OS. The Bertz CT molecular complexity index is 1250. The molecular weight excluding hydrogens is 446 g/mol. The van der Waals surface area contributed by atoms with Gasteiger partial charge in [-0.25, -0.2) is 9.67 Å². The van der Waals surface area contributed by atoms with Gasteiger partial charge >= 0.3 is 0 Å². The Kier molecular flexibility index (Phi) is 6.67. The third-order valence-corrected chi connectivity index (χ3v) is 5.74. The van der Waals surface area contributed by atoms with Crippen LogP contribution in [0, 0.1) is 6.92 Å². The summed E-state index contributed by atoms with van der Waals surface area (Å²) in [7, 11) is 0. The molecule has 2 aromatic heterocycles. The monoisotopic (exact) mass is 465 g/mol. The van der Waals surface area contributed by atoms with Crippen molar-refractivity contribution >= 4 is 35.0 Å². The van der Waals surface area contributed by atoms with Crippen LogP contribution in [0.5, 0.6) is 0 Å². The number of amides is 1. The number of nitrogens with zero attached hydrogens (tertiary/aromatic N) is 6. The molecule has 32 heavy (non-hydrogen) atoms. The first kappa shape index (κ1) is 21.8. The van der Waals surface area contributed by atoms with Crippen molar-refractivity contribution in [1.29, 1.82) is 0 Å². The summed E-state index contributed by atoms with van der Waals surface area (Å²) in [6.45, 7) is 6.39. The molecule has 4 aromatic rings. The Morgan fingerprint density at radius 3 is 2.88 bits per heavy atom. The van der Waals surface area contributed by atoms with Crippen molar-refractivity contribution in [2.75, 3.05) is 11.1 Å². The fourth-order valence-corrected chi connectivity index (χ4v) is 4.06. The lowest BCUT2D eigenvalue weighted by Gasteiger charge is -2.11. The number of carbonyl (C=O) groups excluding carboxylic acids is 1. The summed E-state index contributed by atoms with van der Waals surface area (Å²) >= 11 is 7.43. The van der Waals surface area contributed by atoms with Crippen molar-refractivity contribution in [3.05, 3.63) is 78.4 Å². The Hall–Kier alpha value is -3.43. The predicted octanol–water partition coefficient (Wildman–Crippen LogP) is 4.40. The van der Waals surface area contributed by atoms with Crippen molar-refractivity contribution in [3.8, 4) is 17.1 Å². The molecule has 0 fully saturated rings. The maximum absolute atomic E-state index is 12.7. The summed E-state index contributed by atoms with van der Waals surface area (Å²) in [6, 6.07) is 13.2. The zero-order valence-electron chi connectivity index (χ0n) is 17.3. The van der Waals surface area contributed by atoms with Gasteiger partial charge in [0.1, 0.15) is 12.7 Å². The normalized spacial score (nSPS) is 10.8. The first-order chi connectivity index (χ1) is 15.5. The van der Waals surface area contributed by atoms with Crippen LogP contribution in [0.3, 0.4) is 0 Å². The molecule has 0 aliphatic carbocycles. The number of aromatic nitrogens is 6. The van der Waals surface area contributed by atoms with Crippen molar-refractivity contribution in [2.24, 2.45) is 0 Å². The molecule has 0 aliphatic heterocycles. The second-order valence-electron chi connectivity index (χ2n) is 6.91. The molecule has 0 aliphatic rings. The van der Waals surface area contributed by atoms with Gasteiger partial charge in [-0.05, 0) is 31.2 Å². The van der Waals surface area contributed by atoms with Crippen molar-refractivity contribution in [1.82, 2.24) is 29.5 Å². The van der Waals surface area contributed by atoms with E-state index < -0.39 is 0 Å². The van der Waals surface area contributed by atoms with Crippen molar-refractivity contribution < 1.29 is 4.79 Å². The Balaban J connectivity index is 1.51. The van der Waals surface area contributed by atoms with Crippen LogP contribution in [0.2, 0.25) is 5.02 Å². The van der Waals surface area contributed by atoms with Gasteiger partial charge in [0, 0.05) is 17.1 Å². The van der Waals surface area contributed by atoms with Crippen LogP contribution in [-0.4, -0.2) is 41.2 Å². The van der Waals surface area contributed by atoms with Crippen LogP contribution in [0.1, 0.15) is 5.56 Å².